The summed E-state index contributed by atoms with van der Waals surface area (Å²) < 4.78 is 7.61. The van der Waals surface area contributed by atoms with Gasteiger partial charge in [-0.2, -0.15) is 0 Å². The second-order valence-corrected chi connectivity index (χ2v) is 10.8. The summed E-state index contributed by atoms with van der Waals surface area (Å²) in [5, 5.41) is 13.4. The Balaban J connectivity index is 1.13. The number of benzene rings is 1. The second-order valence-electron chi connectivity index (χ2n) is 10.8. The summed E-state index contributed by atoms with van der Waals surface area (Å²) in [6.45, 7) is 3.69. The van der Waals surface area contributed by atoms with Gasteiger partial charge in [-0.25, -0.2) is 4.68 Å². The molecule has 188 valence electrons. The summed E-state index contributed by atoms with van der Waals surface area (Å²) in [6, 6.07) is 4.56. The first kappa shape index (κ1) is 22.8. The lowest BCUT2D eigenvalue weighted by atomic mass is 9.72. The highest BCUT2D eigenvalue weighted by molar-refractivity contribution is 6.05. The van der Waals surface area contributed by atoms with Crippen molar-refractivity contribution in [3.8, 4) is 5.69 Å². The summed E-state index contributed by atoms with van der Waals surface area (Å²) in [4.78, 5) is 50.9. The van der Waals surface area contributed by atoms with E-state index in [0.717, 1.165) is 37.9 Å². The normalized spacial score (nSPS) is 29.3. The molecule has 1 aromatic carbocycles. The van der Waals surface area contributed by atoms with Crippen LogP contribution < -0.4 is 10.6 Å². The van der Waals surface area contributed by atoms with E-state index in [9.17, 15) is 19.2 Å². The number of carbonyl (C=O) groups is 4. The third-order valence-electron chi connectivity index (χ3n) is 7.96. The first-order valence-corrected chi connectivity index (χ1v) is 12.4. The maximum atomic E-state index is 12.9. The average Bonchev–Trinajstić information content (AvgIpc) is 3.53. The van der Waals surface area contributed by atoms with Crippen LogP contribution in [0, 0.1) is 5.41 Å². The molecule has 3 atom stereocenters. The summed E-state index contributed by atoms with van der Waals surface area (Å²) >= 11 is 0. The lowest BCUT2D eigenvalue weighted by Gasteiger charge is -2.35. The van der Waals surface area contributed by atoms with Gasteiger partial charge in [-0.15, -0.1) is 5.10 Å². The number of hydrogen-bond acceptors (Lipinski definition) is 7. The van der Waals surface area contributed by atoms with Gasteiger partial charge in [-0.3, -0.25) is 24.5 Å². The minimum absolute atomic E-state index is 0.199. The Morgan fingerprint density at radius 2 is 2.14 bits per heavy atom. The van der Waals surface area contributed by atoms with Gasteiger partial charge in [0.05, 0.1) is 24.1 Å². The molecule has 3 fully saturated rings. The summed E-state index contributed by atoms with van der Waals surface area (Å²) in [6.07, 6.45) is 6.24. The van der Waals surface area contributed by atoms with E-state index in [1.165, 1.54) is 9.58 Å². The van der Waals surface area contributed by atoms with Crippen LogP contribution in [0.15, 0.2) is 24.4 Å². The van der Waals surface area contributed by atoms with Crippen molar-refractivity contribution in [2.24, 2.45) is 5.41 Å². The van der Waals surface area contributed by atoms with E-state index >= 15 is 0 Å². The minimum Gasteiger partial charge on any atom is -0.373 e. The SMILES string of the molecule is CC12CCCC(CNC(=O)c3cn(-c4ccc5c(c4)CN(C4CCC(=O)NC4=O)C5=O)nn3)(C1)OC2. The molecule has 11 nitrogen and oxygen atoms in total. The maximum Gasteiger partial charge on any atom is 0.273 e. The van der Waals surface area contributed by atoms with Crippen molar-refractivity contribution in [3.05, 3.63) is 41.2 Å². The number of carbonyl (C=O) groups excluding carboxylic acids is 4. The number of hydrogen-bond donors (Lipinski definition) is 2. The largest absolute Gasteiger partial charge is 0.373 e. The molecule has 3 aliphatic heterocycles. The summed E-state index contributed by atoms with van der Waals surface area (Å²) in [5.74, 6) is -1.31. The molecule has 2 bridgehead atoms. The molecular formula is C25H28N6O5. The second kappa shape index (κ2) is 8.22. The van der Waals surface area contributed by atoms with E-state index in [1.54, 1.807) is 18.3 Å². The van der Waals surface area contributed by atoms with Crippen molar-refractivity contribution in [3.63, 3.8) is 0 Å². The van der Waals surface area contributed by atoms with E-state index in [4.69, 9.17) is 4.74 Å². The topological polar surface area (TPSA) is 136 Å². The molecule has 0 radical (unpaired) electrons. The fraction of sp³-hybridized carbons (Fsp3) is 0.520. The Hall–Kier alpha value is -3.60. The first-order chi connectivity index (χ1) is 17.2. The predicted octanol–water partition coefficient (Wildman–Crippen LogP) is 1.11. The number of piperidine rings is 1. The highest BCUT2D eigenvalue weighted by Crippen LogP contribution is 2.49. The smallest absolute Gasteiger partial charge is 0.273 e. The summed E-state index contributed by atoms with van der Waals surface area (Å²) in [7, 11) is 0. The number of imide groups is 1. The molecule has 2 N–H and O–H groups in total. The van der Waals surface area contributed by atoms with Crippen LogP contribution in [-0.4, -0.2) is 68.3 Å². The van der Waals surface area contributed by atoms with Crippen molar-refractivity contribution in [2.45, 2.75) is 63.6 Å². The van der Waals surface area contributed by atoms with E-state index in [1.807, 2.05) is 6.07 Å². The number of aromatic nitrogens is 3. The van der Waals surface area contributed by atoms with E-state index < -0.39 is 11.9 Å². The van der Waals surface area contributed by atoms with Gasteiger partial charge in [-0.1, -0.05) is 12.1 Å². The standard InChI is InChI=1S/C25H28N6O5/c1-24-7-2-8-25(12-24,36-14-24)13-26-21(33)18-11-31(29-28-18)16-3-4-17-15(9-16)10-30(23(17)35)19-5-6-20(32)27-22(19)34/h3-4,9,11,19H,2,5-8,10,12-14H2,1H3,(H,26,33)(H,27,32,34). The van der Waals surface area contributed by atoms with E-state index in [-0.39, 0.29) is 47.4 Å². The van der Waals surface area contributed by atoms with Crippen LogP contribution in [0.3, 0.4) is 0 Å². The zero-order chi connectivity index (χ0) is 25.1. The van der Waals surface area contributed by atoms with Gasteiger partial charge in [0.2, 0.25) is 11.8 Å². The Kier molecular flexibility index (Phi) is 5.22. The predicted molar refractivity (Wildman–Crippen MR) is 125 cm³/mol. The molecule has 1 aliphatic carbocycles. The molecule has 36 heavy (non-hydrogen) atoms. The molecule has 1 saturated carbocycles. The van der Waals surface area contributed by atoms with Crippen molar-refractivity contribution in [2.75, 3.05) is 13.2 Å². The van der Waals surface area contributed by atoms with Gasteiger partial charge in [-0.05, 0) is 61.3 Å². The van der Waals surface area contributed by atoms with Crippen LogP contribution in [0.4, 0.5) is 0 Å². The Labute approximate surface area is 207 Å². The average molecular weight is 493 g/mol. The maximum absolute atomic E-state index is 12.9. The van der Waals surface area contributed by atoms with Crippen molar-refractivity contribution < 1.29 is 23.9 Å². The van der Waals surface area contributed by atoms with Crippen LogP contribution in [0.5, 0.6) is 0 Å². The van der Waals surface area contributed by atoms with Gasteiger partial charge in [0.15, 0.2) is 5.69 Å². The molecule has 0 spiro atoms. The Bertz CT molecular complexity index is 1290. The lowest BCUT2D eigenvalue weighted by Crippen LogP contribution is -2.52. The fourth-order valence-electron chi connectivity index (χ4n) is 6.10. The van der Waals surface area contributed by atoms with E-state index in [0.29, 0.717) is 24.2 Å². The van der Waals surface area contributed by atoms with Crippen molar-refractivity contribution in [1.29, 1.82) is 0 Å². The third-order valence-corrected chi connectivity index (χ3v) is 7.96. The van der Waals surface area contributed by atoms with Crippen LogP contribution in [0.2, 0.25) is 0 Å². The molecule has 4 aliphatic rings. The Morgan fingerprint density at radius 1 is 1.28 bits per heavy atom. The van der Waals surface area contributed by atoms with Crippen LogP contribution >= 0.6 is 0 Å². The molecule has 6 rings (SSSR count). The molecule has 4 heterocycles. The van der Waals surface area contributed by atoms with Gasteiger partial charge in [0.25, 0.3) is 11.8 Å². The molecule has 4 amide bonds. The number of nitrogens with one attached hydrogen (secondary N) is 2. The molecule has 1 aromatic heterocycles. The zero-order valence-electron chi connectivity index (χ0n) is 20.1. The molecular weight excluding hydrogens is 464 g/mol. The fourth-order valence-corrected chi connectivity index (χ4v) is 6.10. The van der Waals surface area contributed by atoms with Gasteiger partial charge >= 0.3 is 0 Å². The van der Waals surface area contributed by atoms with Gasteiger partial charge < -0.3 is 15.0 Å². The molecule has 2 saturated heterocycles. The monoisotopic (exact) mass is 492 g/mol. The number of nitrogens with zero attached hydrogens (tertiary/aromatic N) is 4. The summed E-state index contributed by atoms with van der Waals surface area (Å²) in [5.41, 5.74) is 2.02. The third kappa shape index (κ3) is 3.87. The van der Waals surface area contributed by atoms with Crippen molar-refractivity contribution in [1.82, 2.24) is 30.5 Å². The molecule has 2 aromatic rings. The quantitative estimate of drug-likeness (QED) is 0.597. The Morgan fingerprint density at radius 3 is 2.97 bits per heavy atom. The highest BCUT2D eigenvalue weighted by Gasteiger charge is 2.49. The van der Waals surface area contributed by atoms with E-state index in [2.05, 4.69) is 27.9 Å². The number of fused-ring (bicyclic) bond motifs is 3. The number of ether oxygens (including phenoxy) is 1. The van der Waals surface area contributed by atoms with Crippen molar-refractivity contribution >= 4 is 23.6 Å². The first-order valence-electron chi connectivity index (χ1n) is 12.4. The van der Waals surface area contributed by atoms with Crippen LogP contribution in [0.25, 0.3) is 5.69 Å². The lowest BCUT2D eigenvalue weighted by molar-refractivity contribution is -0.136. The number of rotatable bonds is 5. The molecule has 11 heteroatoms. The number of amides is 4. The van der Waals surface area contributed by atoms with Gasteiger partial charge in [0, 0.05) is 25.1 Å². The zero-order valence-corrected chi connectivity index (χ0v) is 20.1. The minimum atomic E-state index is -0.668. The van der Waals surface area contributed by atoms with Crippen LogP contribution in [0.1, 0.15) is 71.9 Å². The van der Waals surface area contributed by atoms with Crippen LogP contribution in [-0.2, 0) is 20.9 Å². The van der Waals surface area contributed by atoms with Gasteiger partial charge in [0.1, 0.15) is 6.04 Å². The molecule has 3 unspecified atom stereocenters. The highest BCUT2D eigenvalue weighted by atomic mass is 16.5.